The number of methoxy groups -OCH3 is 1. The van der Waals surface area contributed by atoms with E-state index in [4.69, 9.17) is 9.47 Å². The van der Waals surface area contributed by atoms with Gasteiger partial charge in [-0.25, -0.2) is 9.59 Å². The fourth-order valence-electron chi connectivity index (χ4n) is 0.802. The van der Waals surface area contributed by atoms with E-state index in [0.29, 0.717) is 13.2 Å². The predicted molar refractivity (Wildman–Crippen MR) is 57.8 cm³/mol. The summed E-state index contributed by atoms with van der Waals surface area (Å²) in [5, 5.41) is 0. The number of carbonyl (C=O) groups excluding carboxylic acids is 2. The molecule has 0 spiro atoms. The first-order chi connectivity index (χ1) is 7.70. The molecule has 0 heterocycles. The molecule has 0 aliphatic carbocycles. The smallest absolute Gasteiger partial charge is 0.331 e. The number of esters is 2. The Bertz CT molecular complexity index is 235. The van der Waals surface area contributed by atoms with Crippen molar-refractivity contribution in [3.8, 4) is 0 Å². The standard InChI is InChI=1S/C11H18O5/c1-3-4-7-15-8-9-16-11(13)6-5-10(12)14-2/h5-6H,3-4,7-9H2,1-2H3. The highest BCUT2D eigenvalue weighted by Gasteiger charge is 1.98. The van der Waals surface area contributed by atoms with Crippen molar-refractivity contribution >= 4 is 11.9 Å². The van der Waals surface area contributed by atoms with E-state index in [1.165, 1.54) is 7.11 Å². The van der Waals surface area contributed by atoms with Gasteiger partial charge in [-0.3, -0.25) is 0 Å². The van der Waals surface area contributed by atoms with Crippen molar-refractivity contribution in [3.05, 3.63) is 12.2 Å². The Morgan fingerprint density at radius 3 is 2.38 bits per heavy atom. The third kappa shape index (κ3) is 9.21. The molecule has 0 N–H and O–H groups in total. The van der Waals surface area contributed by atoms with Crippen LogP contribution < -0.4 is 0 Å². The van der Waals surface area contributed by atoms with Crippen LogP contribution >= 0.6 is 0 Å². The fourth-order valence-corrected chi connectivity index (χ4v) is 0.802. The molecule has 0 saturated heterocycles. The van der Waals surface area contributed by atoms with Gasteiger partial charge in [-0.05, 0) is 6.42 Å². The zero-order chi connectivity index (χ0) is 12.2. The van der Waals surface area contributed by atoms with Crippen LogP contribution in [-0.2, 0) is 23.8 Å². The highest BCUT2D eigenvalue weighted by Crippen LogP contribution is 1.89. The number of ether oxygens (including phenoxy) is 3. The van der Waals surface area contributed by atoms with Crippen molar-refractivity contribution in [2.75, 3.05) is 26.9 Å². The van der Waals surface area contributed by atoms with Gasteiger partial charge in [0.2, 0.25) is 0 Å². The molecule has 5 nitrogen and oxygen atoms in total. The molecule has 0 radical (unpaired) electrons. The quantitative estimate of drug-likeness (QED) is 0.354. The Kier molecular flexibility index (Phi) is 9.30. The molecule has 0 unspecified atom stereocenters. The second-order valence-corrected chi connectivity index (χ2v) is 2.99. The maximum atomic E-state index is 11.0. The van der Waals surface area contributed by atoms with Crippen molar-refractivity contribution in [3.63, 3.8) is 0 Å². The minimum atomic E-state index is -0.587. The van der Waals surface area contributed by atoms with E-state index in [1.54, 1.807) is 0 Å². The molecule has 0 aromatic heterocycles. The molecule has 5 heteroatoms. The third-order valence-electron chi connectivity index (χ3n) is 1.67. The van der Waals surface area contributed by atoms with E-state index < -0.39 is 11.9 Å². The van der Waals surface area contributed by atoms with Crippen molar-refractivity contribution < 1.29 is 23.8 Å². The fraction of sp³-hybridized carbons (Fsp3) is 0.636. The molecule has 0 atom stereocenters. The SMILES string of the molecule is CCCCOCCOC(=O)C=CC(=O)OC. The lowest BCUT2D eigenvalue weighted by Crippen LogP contribution is -2.09. The zero-order valence-electron chi connectivity index (χ0n) is 9.73. The Morgan fingerprint density at radius 1 is 1.06 bits per heavy atom. The summed E-state index contributed by atoms with van der Waals surface area (Å²) in [4.78, 5) is 21.6. The lowest BCUT2D eigenvalue weighted by Gasteiger charge is -2.03. The Labute approximate surface area is 95.4 Å². The topological polar surface area (TPSA) is 61.8 Å². The molecule has 0 rings (SSSR count). The molecule has 0 aliphatic heterocycles. The maximum absolute atomic E-state index is 11.0. The monoisotopic (exact) mass is 230 g/mol. The lowest BCUT2D eigenvalue weighted by molar-refractivity contribution is -0.140. The van der Waals surface area contributed by atoms with Gasteiger partial charge in [0.25, 0.3) is 0 Å². The van der Waals surface area contributed by atoms with Gasteiger partial charge in [0, 0.05) is 18.8 Å². The molecule has 0 amide bonds. The summed E-state index contributed by atoms with van der Waals surface area (Å²) in [5.41, 5.74) is 0. The summed E-state index contributed by atoms with van der Waals surface area (Å²) in [6.45, 7) is 3.30. The average Bonchev–Trinajstić information content (AvgIpc) is 2.30. The number of carbonyl (C=O) groups is 2. The summed E-state index contributed by atoms with van der Waals surface area (Å²) in [6.07, 6.45) is 4.11. The predicted octanol–water partition coefficient (Wildman–Crippen LogP) is 1.08. The van der Waals surface area contributed by atoms with Crippen LogP contribution in [0.25, 0.3) is 0 Å². The lowest BCUT2D eigenvalue weighted by atomic mass is 10.4. The molecule has 0 aromatic rings. The molecule has 0 aromatic carbocycles. The van der Waals surface area contributed by atoms with Crippen LogP contribution in [-0.4, -0.2) is 38.9 Å². The molecule has 16 heavy (non-hydrogen) atoms. The van der Waals surface area contributed by atoms with Gasteiger partial charge in [0.1, 0.15) is 6.61 Å². The van der Waals surface area contributed by atoms with E-state index in [0.717, 1.165) is 25.0 Å². The maximum Gasteiger partial charge on any atom is 0.331 e. The van der Waals surface area contributed by atoms with Crippen LogP contribution in [0.15, 0.2) is 12.2 Å². The minimum absolute atomic E-state index is 0.189. The molecular formula is C11H18O5. The van der Waals surface area contributed by atoms with Gasteiger partial charge in [0.05, 0.1) is 13.7 Å². The van der Waals surface area contributed by atoms with Crippen LogP contribution in [0.3, 0.4) is 0 Å². The minimum Gasteiger partial charge on any atom is -0.466 e. The van der Waals surface area contributed by atoms with Gasteiger partial charge >= 0.3 is 11.9 Å². The number of hydrogen-bond donors (Lipinski definition) is 0. The summed E-state index contributed by atoms with van der Waals surface area (Å²) >= 11 is 0. The van der Waals surface area contributed by atoms with Gasteiger partial charge in [-0.1, -0.05) is 13.3 Å². The number of rotatable bonds is 8. The largest absolute Gasteiger partial charge is 0.466 e. The van der Waals surface area contributed by atoms with Crippen molar-refractivity contribution in [2.45, 2.75) is 19.8 Å². The summed E-state index contributed by atoms with van der Waals surface area (Å²) in [7, 11) is 1.24. The van der Waals surface area contributed by atoms with Crippen LogP contribution in [0.5, 0.6) is 0 Å². The highest BCUT2D eigenvalue weighted by atomic mass is 16.6. The van der Waals surface area contributed by atoms with Crippen molar-refractivity contribution in [1.82, 2.24) is 0 Å². The normalized spacial score (nSPS) is 10.4. The van der Waals surface area contributed by atoms with Gasteiger partial charge in [0.15, 0.2) is 0 Å². The van der Waals surface area contributed by atoms with E-state index in [-0.39, 0.29) is 6.61 Å². The van der Waals surface area contributed by atoms with E-state index in [2.05, 4.69) is 11.7 Å². The summed E-state index contributed by atoms with van der Waals surface area (Å²) < 4.78 is 14.2. The molecule has 0 aliphatic rings. The van der Waals surface area contributed by atoms with Crippen LogP contribution in [0.2, 0.25) is 0 Å². The van der Waals surface area contributed by atoms with Gasteiger partial charge in [-0.2, -0.15) is 0 Å². The van der Waals surface area contributed by atoms with E-state index in [1.807, 2.05) is 0 Å². The first-order valence-electron chi connectivity index (χ1n) is 5.21. The number of hydrogen-bond acceptors (Lipinski definition) is 5. The molecule has 0 bridgehead atoms. The van der Waals surface area contributed by atoms with Crippen LogP contribution in [0, 0.1) is 0 Å². The van der Waals surface area contributed by atoms with E-state index in [9.17, 15) is 9.59 Å². The average molecular weight is 230 g/mol. The molecule has 0 saturated carbocycles. The van der Waals surface area contributed by atoms with Crippen LogP contribution in [0.4, 0.5) is 0 Å². The second kappa shape index (κ2) is 10.2. The van der Waals surface area contributed by atoms with E-state index >= 15 is 0 Å². The highest BCUT2D eigenvalue weighted by molar-refractivity contribution is 5.91. The van der Waals surface area contributed by atoms with Crippen molar-refractivity contribution in [2.24, 2.45) is 0 Å². The Balaban J connectivity index is 3.44. The molecule has 0 fully saturated rings. The van der Waals surface area contributed by atoms with Crippen molar-refractivity contribution in [1.29, 1.82) is 0 Å². The second-order valence-electron chi connectivity index (χ2n) is 2.99. The molecule has 92 valence electrons. The Hall–Kier alpha value is -1.36. The summed E-state index contributed by atoms with van der Waals surface area (Å²) in [6, 6.07) is 0. The first-order valence-corrected chi connectivity index (χ1v) is 5.21. The third-order valence-corrected chi connectivity index (χ3v) is 1.67. The van der Waals surface area contributed by atoms with Gasteiger partial charge < -0.3 is 14.2 Å². The van der Waals surface area contributed by atoms with Gasteiger partial charge in [-0.15, -0.1) is 0 Å². The number of unbranched alkanes of at least 4 members (excludes halogenated alkanes) is 1. The summed E-state index contributed by atoms with van der Waals surface area (Å²) in [5.74, 6) is -1.17. The molecular weight excluding hydrogens is 212 g/mol. The first kappa shape index (κ1) is 14.6. The Morgan fingerprint density at radius 2 is 1.75 bits per heavy atom. The van der Waals surface area contributed by atoms with Crippen LogP contribution in [0.1, 0.15) is 19.8 Å². The zero-order valence-corrected chi connectivity index (χ0v) is 9.73.